The molecule has 0 fully saturated rings. The van der Waals surface area contributed by atoms with Crippen LogP contribution in [0.3, 0.4) is 0 Å². The number of nitrogens with zero attached hydrogens (tertiary/aromatic N) is 4. The van der Waals surface area contributed by atoms with E-state index in [0.29, 0.717) is 17.0 Å². The zero-order chi connectivity index (χ0) is 24.8. The van der Waals surface area contributed by atoms with E-state index in [9.17, 15) is 9.18 Å². The minimum atomic E-state index is -0.239. The lowest BCUT2D eigenvalue weighted by atomic mass is 10.1. The van der Waals surface area contributed by atoms with Crippen LogP contribution in [0.4, 0.5) is 10.1 Å². The number of halogens is 1. The molecule has 36 heavy (non-hydrogen) atoms. The van der Waals surface area contributed by atoms with Crippen LogP contribution in [0.2, 0.25) is 0 Å². The predicted octanol–water partition coefficient (Wildman–Crippen LogP) is 6.03. The van der Waals surface area contributed by atoms with Gasteiger partial charge in [0, 0.05) is 56.8 Å². The highest BCUT2D eigenvalue weighted by Gasteiger charge is 2.16. The largest absolute Gasteiger partial charge is 0.352 e. The van der Waals surface area contributed by atoms with Crippen LogP contribution in [-0.4, -0.2) is 36.0 Å². The Morgan fingerprint density at radius 1 is 1.00 bits per heavy atom. The molecule has 6 aromatic heterocycles. The molecule has 0 aliphatic rings. The number of hydrogen-bond donors (Lipinski definition) is 3. The van der Waals surface area contributed by atoms with E-state index in [1.54, 1.807) is 37.1 Å². The van der Waals surface area contributed by atoms with Crippen molar-refractivity contribution in [1.29, 1.82) is 0 Å². The first-order chi connectivity index (χ1) is 17.5. The first kappa shape index (κ1) is 22.1. The molecule has 3 N–H and O–H groups in total. The Balaban J connectivity index is 1.41. The van der Waals surface area contributed by atoms with Crippen LogP contribution in [0, 0.1) is 11.0 Å². The van der Waals surface area contributed by atoms with Crippen LogP contribution in [-0.2, 0) is 4.79 Å². The van der Waals surface area contributed by atoms with Gasteiger partial charge in [-0.3, -0.25) is 19.9 Å². The quantitative estimate of drug-likeness (QED) is 0.269. The zero-order valence-electron chi connectivity index (χ0n) is 19.3. The number of thiophene rings is 1. The number of rotatable bonds is 5. The van der Waals surface area contributed by atoms with Crippen molar-refractivity contribution in [2.45, 2.75) is 13.8 Å². The van der Waals surface area contributed by atoms with Gasteiger partial charge in [0.05, 0.1) is 29.3 Å². The minimum Gasteiger partial charge on any atom is -0.352 e. The second kappa shape index (κ2) is 8.65. The molecule has 0 saturated carbocycles. The van der Waals surface area contributed by atoms with Crippen LogP contribution in [0.1, 0.15) is 13.8 Å². The molecule has 8 nitrogen and oxygen atoms in total. The van der Waals surface area contributed by atoms with Gasteiger partial charge in [0.15, 0.2) is 10.8 Å². The fourth-order valence-electron chi connectivity index (χ4n) is 4.05. The molecular weight excluding hydrogens is 477 g/mol. The van der Waals surface area contributed by atoms with Gasteiger partial charge in [-0.15, -0.1) is 11.3 Å². The third-order valence-electron chi connectivity index (χ3n) is 5.92. The number of pyridine rings is 3. The molecule has 0 aliphatic carbocycles. The van der Waals surface area contributed by atoms with Gasteiger partial charge in [-0.05, 0) is 30.3 Å². The molecule has 0 bridgehead atoms. The van der Waals surface area contributed by atoms with Gasteiger partial charge < -0.3 is 10.3 Å². The van der Waals surface area contributed by atoms with E-state index in [2.05, 4.69) is 35.5 Å². The van der Waals surface area contributed by atoms with Gasteiger partial charge in [0.2, 0.25) is 5.91 Å². The molecule has 10 heteroatoms. The molecular formula is C26H20FN7OS. The number of nitrogens with one attached hydrogen (secondary N) is 3. The number of fused-ring (bicyclic) bond motifs is 2. The summed E-state index contributed by atoms with van der Waals surface area (Å²) in [6, 6.07) is 9.08. The Kier molecular flexibility index (Phi) is 5.30. The molecule has 1 amide bonds. The van der Waals surface area contributed by atoms with Crippen molar-refractivity contribution < 1.29 is 9.18 Å². The van der Waals surface area contributed by atoms with Crippen LogP contribution in [0.5, 0.6) is 0 Å². The molecule has 0 radical (unpaired) electrons. The van der Waals surface area contributed by atoms with E-state index < -0.39 is 0 Å². The average Bonchev–Trinajstić information content (AvgIpc) is 3.61. The molecule has 0 atom stereocenters. The van der Waals surface area contributed by atoms with E-state index in [0.717, 1.165) is 54.9 Å². The topological polar surface area (TPSA) is 112 Å². The third-order valence-corrected chi connectivity index (χ3v) is 6.83. The number of amides is 1. The number of carbonyl (C=O) groups is 1. The van der Waals surface area contributed by atoms with Crippen LogP contribution >= 0.6 is 11.3 Å². The smallest absolute Gasteiger partial charge is 0.226 e. The predicted molar refractivity (Wildman–Crippen MR) is 139 cm³/mol. The third kappa shape index (κ3) is 3.91. The summed E-state index contributed by atoms with van der Waals surface area (Å²) in [4.78, 5) is 29.5. The summed E-state index contributed by atoms with van der Waals surface area (Å²) in [6.07, 6.45) is 8.58. The number of anilines is 1. The van der Waals surface area contributed by atoms with Crippen molar-refractivity contribution in [2.24, 2.45) is 5.92 Å². The molecule has 6 rings (SSSR count). The van der Waals surface area contributed by atoms with E-state index >= 15 is 0 Å². The summed E-state index contributed by atoms with van der Waals surface area (Å²) in [5, 5.41) is 11.9. The molecule has 0 unspecified atom stereocenters. The maximum atomic E-state index is 13.7. The SMILES string of the molecule is CC(C)C(=O)Nc1cncc(-c2cnc3[nH]nc(-c4cc5c(-c6ccc(F)s6)cncc5[nH]4)c3c2)c1. The maximum Gasteiger partial charge on any atom is 0.226 e. The lowest BCUT2D eigenvalue weighted by Gasteiger charge is -2.09. The summed E-state index contributed by atoms with van der Waals surface area (Å²) >= 11 is 1.09. The Labute approximate surface area is 208 Å². The van der Waals surface area contributed by atoms with Gasteiger partial charge in [-0.2, -0.15) is 9.49 Å². The van der Waals surface area contributed by atoms with Gasteiger partial charge in [0.1, 0.15) is 5.69 Å². The number of carbonyl (C=O) groups excluding carboxylic acids is 1. The Morgan fingerprint density at radius 2 is 1.83 bits per heavy atom. The van der Waals surface area contributed by atoms with Gasteiger partial charge in [-0.1, -0.05) is 13.8 Å². The van der Waals surface area contributed by atoms with Crippen molar-refractivity contribution >= 4 is 44.9 Å². The van der Waals surface area contributed by atoms with E-state index in [4.69, 9.17) is 0 Å². The van der Waals surface area contributed by atoms with Crippen molar-refractivity contribution in [3.05, 3.63) is 66.4 Å². The van der Waals surface area contributed by atoms with E-state index in [1.807, 2.05) is 32.0 Å². The number of aromatic nitrogens is 6. The van der Waals surface area contributed by atoms with Gasteiger partial charge >= 0.3 is 0 Å². The Hall–Kier alpha value is -4.44. The summed E-state index contributed by atoms with van der Waals surface area (Å²) in [6.45, 7) is 3.68. The standard InChI is InChI=1S/C26H20FN7OS/c1-13(2)26(35)31-16-5-14(8-28-10-16)15-6-18-24(33-34-25(18)30-9-15)20-7-17-19(11-29-12-21(17)32-20)22-3-4-23(27)36-22/h3-13,32H,1-2H3,(H,31,35)(H,30,33,34). The minimum absolute atomic E-state index is 0.0717. The second-order valence-corrected chi connectivity index (χ2v) is 9.77. The average molecular weight is 498 g/mol. The highest BCUT2D eigenvalue weighted by atomic mass is 32.1. The monoisotopic (exact) mass is 497 g/mol. The lowest BCUT2D eigenvalue weighted by Crippen LogP contribution is -2.17. The van der Waals surface area contributed by atoms with Gasteiger partial charge in [-0.25, -0.2) is 4.98 Å². The second-order valence-electron chi connectivity index (χ2n) is 8.73. The van der Waals surface area contributed by atoms with Crippen molar-refractivity contribution in [1.82, 2.24) is 30.1 Å². The van der Waals surface area contributed by atoms with Crippen molar-refractivity contribution in [2.75, 3.05) is 5.32 Å². The van der Waals surface area contributed by atoms with Crippen molar-refractivity contribution in [3.8, 4) is 33.0 Å². The normalized spacial score (nSPS) is 11.6. The van der Waals surface area contributed by atoms with E-state index in [-0.39, 0.29) is 17.0 Å². The summed E-state index contributed by atoms with van der Waals surface area (Å²) in [7, 11) is 0. The molecule has 0 aromatic carbocycles. The fraction of sp³-hybridized carbons (Fsp3) is 0.115. The van der Waals surface area contributed by atoms with Crippen LogP contribution < -0.4 is 5.32 Å². The van der Waals surface area contributed by atoms with Gasteiger partial charge in [0.25, 0.3) is 0 Å². The molecule has 178 valence electrons. The summed E-state index contributed by atoms with van der Waals surface area (Å²) < 4.78 is 13.7. The zero-order valence-corrected chi connectivity index (χ0v) is 20.2. The lowest BCUT2D eigenvalue weighted by molar-refractivity contribution is -0.118. The highest BCUT2D eigenvalue weighted by Crippen LogP contribution is 2.36. The molecule has 0 spiro atoms. The maximum absolute atomic E-state index is 13.7. The number of hydrogen-bond acceptors (Lipinski definition) is 6. The van der Waals surface area contributed by atoms with Crippen LogP contribution in [0.15, 0.2) is 61.3 Å². The fourth-order valence-corrected chi connectivity index (χ4v) is 4.81. The molecule has 0 saturated heterocycles. The number of aromatic amines is 2. The number of H-pyrrole nitrogens is 2. The Bertz CT molecular complexity index is 1750. The van der Waals surface area contributed by atoms with Crippen LogP contribution in [0.25, 0.3) is 54.9 Å². The Morgan fingerprint density at radius 3 is 2.64 bits per heavy atom. The molecule has 6 heterocycles. The molecule has 6 aromatic rings. The van der Waals surface area contributed by atoms with E-state index in [1.165, 1.54) is 6.07 Å². The van der Waals surface area contributed by atoms with Crippen molar-refractivity contribution in [3.63, 3.8) is 0 Å². The first-order valence-corrected chi connectivity index (χ1v) is 12.1. The summed E-state index contributed by atoms with van der Waals surface area (Å²) in [5.74, 6) is -0.205. The molecule has 0 aliphatic heterocycles. The first-order valence-electron chi connectivity index (χ1n) is 11.3. The summed E-state index contributed by atoms with van der Waals surface area (Å²) in [5.41, 5.74) is 6.10. The highest BCUT2D eigenvalue weighted by molar-refractivity contribution is 7.14.